The number of aromatic hydroxyl groups is 1. The first kappa shape index (κ1) is 25.2. The number of aromatic nitrogens is 3. The maximum atomic E-state index is 14.2. The van der Waals surface area contributed by atoms with Crippen LogP contribution in [0.3, 0.4) is 0 Å². The average Bonchev–Trinajstić information content (AvgIpc) is 2.93. The van der Waals surface area contributed by atoms with Crippen molar-refractivity contribution in [3.63, 3.8) is 0 Å². The maximum Gasteiger partial charge on any atom is 0.288 e. The van der Waals surface area contributed by atoms with E-state index in [2.05, 4.69) is 31.1 Å². The van der Waals surface area contributed by atoms with Gasteiger partial charge in [0.2, 0.25) is 5.95 Å². The van der Waals surface area contributed by atoms with Crippen LogP contribution >= 0.6 is 11.6 Å². The maximum absolute atomic E-state index is 14.2. The van der Waals surface area contributed by atoms with Crippen LogP contribution in [-0.4, -0.2) is 52.3 Å². The van der Waals surface area contributed by atoms with Gasteiger partial charge < -0.3 is 20.1 Å². The van der Waals surface area contributed by atoms with E-state index in [1.807, 2.05) is 12.1 Å². The summed E-state index contributed by atoms with van der Waals surface area (Å²) >= 11 is 6.30. The quantitative estimate of drug-likeness (QED) is 0.255. The molecule has 0 aliphatic carbocycles. The van der Waals surface area contributed by atoms with E-state index >= 15 is 0 Å². The average molecular weight is 536 g/mol. The standard InChI is InChI=1S/C26H23ClFN7O3/c27-18-10-17(16-2-1-3-21(36)12-16)11-20(13-18)31-19-4-5-23(29-14-19)25(37)33-34-26-30-15-22(28)24(32-26)35-6-8-38-9-7-35/h1-5,10-15,31,36H,6-9H2,(H,33,37)(H,30,32,34). The number of amides is 1. The summed E-state index contributed by atoms with van der Waals surface area (Å²) in [5.74, 6) is -0.730. The SMILES string of the molecule is O=C(NNc1ncc(F)c(N2CCOCC2)n1)c1ccc(Nc2cc(Cl)cc(-c3cccc(O)c3)c2)cn1. The minimum Gasteiger partial charge on any atom is -0.508 e. The molecule has 12 heteroatoms. The number of anilines is 4. The van der Waals surface area contributed by atoms with Gasteiger partial charge in [-0.25, -0.2) is 14.4 Å². The molecule has 5 rings (SSSR count). The van der Waals surface area contributed by atoms with Crippen molar-refractivity contribution in [1.82, 2.24) is 20.4 Å². The minimum absolute atomic E-state index is 0.0445. The Morgan fingerprint density at radius 2 is 1.84 bits per heavy atom. The van der Waals surface area contributed by atoms with Gasteiger partial charge in [0.25, 0.3) is 5.91 Å². The van der Waals surface area contributed by atoms with Crippen LogP contribution in [0, 0.1) is 5.82 Å². The summed E-state index contributed by atoms with van der Waals surface area (Å²) < 4.78 is 19.5. The molecule has 0 radical (unpaired) electrons. The van der Waals surface area contributed by atoms with Gasteiger partial charge in [0.1, 0.15) is 11.4 Å². The van der Waals surface area contributed by atoms with Gasteiger partial charge in [-0.05, 0) is 53.6 Å². The molecule has 0 unspecified atom stereocenters. The molecule has 0 atom stereocenters. The van der Waals surface area contributed by atoms with Crippen LogP contribution in [0.5, 0.6) is 5.75 Å². The number of hydrazine groups is 1. The van der Waals surface area contributed by atoms with Crippen LogP contribution in [0.2, 0.25) is 5.02 Å². The van der Waals surface area contributed by atoms with Crippen LogP contribution in [-0.2, 0) is 4.74 Å². The van der Waals surface area contributed by atoms with Gasteiger partial charge in [0, 0.05) is 23.8 Å². The molecule has 1 aliphatic rings. The van der Waals surface area contributed by atoms with Crippen LogP contribution in [0.15, 0.2) is 67.0 Å². The highest BCUT2D eigenvalue weighted by Crippen LogP contribution is 2.30. The number of phenols is 1. The number of carbonyl (C=O) groups excluding carboxylic acids is 1. The molecule has 1 saturated heterocycles. The molecule has 1 fully saturated rings. The minimum atomic E-state index is -0.553. The molecule has 4 N–H and O–H groups in total. The third-order valence-electron chi connectivity index (χ3n) is 5.69. The Morgan fingerprint density at radius 1 is 1.00 bits per heavy atom. The Bertz CT molecular complexity index is 1450. The van der Waals surface area contributed by atoms with E-state index in [1.165, 1.54) is 6.20 Å². The molecule has 1 aliphatic heterocycles. The zero-order chi connectivity index (χ0) is 26.5. The van der Waals surface area contributed by atoms with E-state index in [-0.39, 0.29) is 23.2 Å². The fourth-order valence-electron chi connectivity index (χ4n) is 3.87. The molecule has 0 spiro atoms. The number of phenolic OH excluding ortho intramolecular Hbond substituents is 1. The number of nitrogens with zero attached hydrogens (tertiary/aromatic N) is 4. The lowest BCUT2D eigenvalue weighted by molar-refractivity contribution is 0.0957. The molecule has 194 valence electrons. The van der Waals surface area contributed by atoms with Gasteiger partial charge in [-0.1, -0.05) is 23.7 Å². The first-order valence-corrected chi connectivity index (χ1v) is 12.1. The molecule has 38 heavy (non-hydrogen) atoms. The first-order valence-electron chi connectivity index (χ1n) is 11.7. The molecule has 0 saturated carbocycles. The van der Waals surface area contributed by atoms with Crippen LogP contribution < -0.4 is 21.1 Å². The second-order valence-corrected chi connectivity index (χ2v) is 8.82. The monoisotopic (exact) mass is 535 g/mol. The summed E-state index contributed by atoms with van der Waals surface area (Å²) in [6, 6.07) is 15.6. The lowest BCUT2D eigenvalue weighted by atomic mass is 10.0. The Morgan fingerprint density at radius 3 is 2.61 bits per heavy atom. The summed E-state index contributed by atoms with van der Waals surface area (Å²) in [6.07, 6.45) is 2.56. The summed E-state index contributed by atoms with van der Waals surface area (Å²) in [5, 5.41) is 13.5. The van der Waals surface area contributed by atoms with Crippen molar-refractivity contribution in [2.75, 3.05) is 41.9 Å². The molecule has 3 heterocycles. The summed E-state index contributed by atoms with van der Waals surface area (Å²) in [4.78, 5) is 26.6. The molecule has 2 aromatic heterocycles. The number of rotatable bonds is 7. The van der Waals surface area contributed by atoms with E-state index in [1.54, 1.807) is 47.4 Å². The van der Waals surface area contributed by atoms with Gasteiger partial charge in [0.05, 0.1) is 31.3 Å². The summed E-state index contributed by atoms with van der Waals surface area (Å²) in [5.41, 5.74) is 8.20. The van der Waals surface area contributed by atoms with Gasteiger partial charge in [-0.15, -0.1) is 0 Å². The number of carbonyl (C=O) groups is 1. The van der Waals surface area contributed by atoms with Crippen molar-refractivity contribution in [2.45, 2.75) is 0 Å². The lowest BCUT2D eigenvalue weighted by Crippen LogP contribution is -2.38. The first-order chi connectivity index (χ1) is 18.4. The van der Waals surface area contributed by atoms with Gasteiger partial charge in [-0.2, -0.15) is 4.98 Å². The number of pyridine rings is 1. The van der Waals surface area contributed by atoms with Gasteiger partial charge in [0.15, 0.2) is 11.6 Å². The largest absolute Gasteiger partial charge is 0.508 e. The van der Waals surface area contributed by atoms with E-state index in [9.17, 15) is 14.3 Å². The third kappa shape index (κ3) is 6.07. The number of hydrogen-bond acceptors (Lipinski definition) is 9. The second-order valence-electron chi connectivity index (χ2n) is 8.38. The number of ether oxygens (including phenoxy) is 1. The topological polar surface area (TPSA) is 125 Å². The van der Waals surface area contributed by atoms with Crippen molar-refractivity contribution in [3.8, 4) is 16.9 Å². The highest BCUT2D eigenvalue weighted by molar-refractivity contribution is 6.31. The molecule has 10 nitrogen and oxygen atoms in total. The highest BCUT2D eigenvalue weighted by Gasteiger charge is 2.18. The van der Waals surface area contributed by atoms with Crippen molar-refractivity contribution < 1.29 is 19.0 Å². The Labute approximate surface area is 222 Å². The van der Waals surface area contributed by atoms with E-state index in [0.29, 0.717) is 42.7 Å². The van der Waals surface area contributed by atoms with E-state index < -0.39 is 11.7 Å². The Kier molecular flexibility index (Phi) is 7.47. The molecule has 2 aromatic carbocycles. The van der Waals surface area contributed by atoms with Crippen LogP contribution in [0.25, 0.3) is 11.1 Å². The van der Waals surface area contributed by atoms with E-state index in [4.69, 9.17) is 16.3 Å². The smallest absolute Gasteiger partial charge is 0.288 e. The lowest BCUT2D eigenvalue weighted by Gasteiger charge is -2.28. The fraction of sp³-hybridized carbons (Fsp3) is 0.154. The fourth-order valence-corrected chi connectivity index (χ4v) is 4.11. The molecular weight excluding hydrogens is 513 g/mol. The Hall–Kier alpha value is -4.48. The van der Waals surface area contributed by atoms with Crippen LogP contribution in [0.4, 0.5) is 27.5 Å². The van der Waals surface area contributed by atoms with Crippen molar-refractivity contribution >= 4 is 40.6 Å². The second kappa shape index (κ2) is 11.3. The molecular formula is C26H23ClFN7O3. The van der Waals surface area contributed by atoms with Gasteiger partial charge in [-0.3, -0.25) is 15.6 Å². The van der Waals surface area contributed by atoms with E-state index in [0.717, 1.165) is 17.3 Å². The Balaban J connectivity index is 1.22. The predicted molar refractivity (Wildman–Crippen MR) is 142 cm³/mol. The normalized spacial score (nSPS) is 13.2. The molecule has 1 amide bonds. The summed E-state index contributed by atoms with van der Waals surface area (Å²) in [7, 11) is 0. The molecule has 4 aromatic rings. The van der Waals surface area contributed by atoms with Crippen molar-refractivity contribution in [3.05, 3.63) is 83.5 Å². The zero-order valence-corrected chi connectivity index (χ0v) is 20.7. The van der Waals surface area contributed by atoms with Gasteiger partial charge >= 0.3 is 0 Å². The molecule has 0 bridgehead atoms. The van der Waals surface area contributed by atoms with Crippen molar-refractivity contribution in [2.24, 2.45) is 0 Å². The summed E-state index contributed by atoms with van der Waals surface area (Å²) in [6.45, 7) is 1.98. The number of halogens is 2. The number of morpholine rings is 1. The highest BCUT2D eigenvalue weighted by atomic mass is 35.5. The number of benzene rings is 2. The zero-order valence-electron chi connectivity index (χ0n) is 20.0. The number of hydrogen-bond donors (Lipinski definition) is 4. The number of nitrogens with one attached hydrogen (secondary N) is 3. The third-order valence-corrected chi connectivity index (χ3v) is 5.90. The van der Waals surface area contributed by atoms with Crippen molar-refractivity contribution in [1.29, 1.82) is 0 Å². The van der Waals surface area contributed by atoms with Crippen LogP contribution in [0.1, 0.15) is 10.5 Å². The predicted octanol–water partition coefficient (Wildman–Crippen LogP) is 4.37.